The quantitative estimate of drug-likeness (QED) is 0.176. The van der Waals surface area contributed by atoms with Gasteiger partial charge in [-0.05, 0) is 0 Å². The van der Waals surface area contributed by atoms with Crippen LogP contribution in [0.2, 0.25) is 0 Å². The zero-order chi connectivity index (χ0) is 17.3. The SMILES string of the molecule is O=P([O-])([O-])OP(=O)([O-])OP(=O)([O-])OP(=O)([O-])OP(=O)(O)O.[Pb+2].[Sb+3]. The van der Waals surface area contributed by atoms with E-state index in [0.717, 1.165) is 0 Å². The molecule has 0 aromatic rings. The van der Waals surface area contributed by atoms with E-state index in [4.69, 9.17) is 9.79 Å². The van der Waals surface area contributed by atoms with Crippen LogP contribution in [0.25, 0.3) is 0 Å². The molecule has 3 atom stereocenters. The zero-order valence-corrected chi connectivity index (χ0v) is 20.7. The van der Waals surface area contributed by atoms with Crippen molar-refractivity contribution in [3.8, 4) is 0 Å². The molecule has 0 spiro atoms. The predicted molar refractivity (Wildman–Crippen MR) is 58.3 cm³/mol. The first-order chi connectivity index (χ1) is 8.83. The summed E-state index contributed by atoms with van der Waals surface area (Å²) >= 11 is 0. The van der Waals surface area contributed by atoms with Crippen molar-refractivity contribution in [3.63, 3.8) is 0 Å². The fraction of sp³-hybridized carbons (Fsp3) is 0. The Morgan fingerprint density at radius 1 is 0.609 bits per heavy atom. The Kier molecular flexibility index (Phi) is 13.3. The maximum absolute atomic E-state index is 10.8. The summed E-state index contributed by atoms with van der Waals surface area (Å²) in [5, 5.41) is 0. The molecule has 0 fully saturated rings. The second-order valence-electron chi connectivity index (χ2n) is 2.61. The summed E-state index contributed by atoms with van der Waals surface area (Å²) < 4.78 is 63.3. The van der Waals surface area contributed by atoms with Gasteiger partial charge in [-0.2, -0.15) is 0 Å². The van der Waals surface area contributed by atoms with Gasteiger partial charge >= 0.3 is 59.5 Å². The second-order valence-corrected chi connectivity index (χ2v) is 9.78. The van der Waals surface area contributed by atoms with E-state index < -0.39 is 39.1 Å². The molecule has 0 aromatic carbocycles. The van der Waals surface area contributed by atoms with E-state index in [1.165, 1.54) is 0 Å². The molecule has 3 unspecified atom stereocenters. The van der Waals surface area contributed by atoms with E-state index in [9.17, 15) is 47.3 Å². The molecule has 0 rings (SSSR count). The van der Waals surface area contributed by atoms with Crippen LogP contribution in [-0.4, -0.2) is 61.5 Å². The van der Waals surface area contributed by atoms with Crippen LogP contribution in [0.15, 0.2) is 0 Å². The summed E-state index contributed by atoms with van der Waals surface area (Å²) in [7, 11) is -31.3. The Labute approximate surface area is 164 Å². The standard InChI is InChI=1S/H7O16P5.Pb.Sb/c1-17(2,3)13-19(7,8)15-21(11,12)16-20(9,10)14-18(4,5)6;;/h(H,7,8)(H,9,10)(H,11,12)(H2,1,2,3)(H2,4,5,6);;/q;+2;+3/p-5. The van der Waals surface area contributed by atoms with E-state index in [-0.39, 0.29) is 51.7 Å². The molecule has 16 nitrogen and oxygen atoms in total. The molecule has 0 aliphatic carbocycles. The monoisotopic (exact) mass is 742 g/mol. The molecular weight excluding hydrogens is 740 g/mol. The predicted octanol–water partition coefficient (Wildman–Crippen LogP) is -4.38. The van der Waals surface area contributed by atoms with Gasteiger partial charge < -0.3 is 38.8 Å². The summed E-state index contributed by atoms with van der Waals surface area (Å²) in [6, 6.07) is 0. The van der Waals surface area contributed by atoms with Crippen LogP contribution in [0.5, 0.6) is 0 Å². The van der Waals surface area contributed by atoms with Crippen molar-refractivity contribution in [1.29, 1.82) is 0 Å². The molecule has 4 radical (unpaired) electrons. The number of rotatable bonds is 8. The minimum atomic E-state index is -6.50. The Morgan fingerprint density at radius 3 is 1.13 bits per heavy atom. The van der Waals surface area contributed by atoms with Gasteiger partial charge in [0.25, 0.3) is 23.5 Å². The molecule has 0 aromatic heterocycles. The third-order valence-corrected chi connectivity index (χ3v) is 7.26. The number of hydrogen-bond acceptors (Lipinski definition) is 14. The summed E-state index contributed by atoms with van der Waals surface area (Å²) in [5.74, 6) is 0. The molecule has 0 bridgehead atoms. The van der Waals surface area contributed by atoms with E-state index in [2.05, 4.69) is 17.2 Å². The van der Waals surface area contributed by atoms with Crippen LogP contribution in [0.4, 0.5) is 0 Å². The zero-order valence-electron chi connectivity index (χ0n) is 9.79. The van der Waals surface area contributed by atoms with Gasteiger partial charge in [-0.3, -0.25) is 18.0 Å². The first-order valence-corrected chi connectivity index (χ1v) is 11.1. The van der Waals surface area contributed by atoms with Crippen LogP contribution < -0.4 is 24.5 Å². The van der Waals surface area contributed by atoms with Gasteiger partial charge in [-0.1, -0.05) is 0 Å². The van der Waals surface area contributed by atoms with Crippen molar-refractivity contribution in [2.75, 3.05) is 0 Å². The van der Waals surface area contributed by atoms with Gasteiger partial charge in [0.05, 0.1) is 7.82 Å². The summed E-state index contributed by atoms with van der Waals surface area (Å²) in [6.07, 6.45) is 0. The fourth-order valence-corrected chi connectivity index (χ4v) is 5.69. The first kappa shape index (κ1) is 30.2. The second kappa shape index (κ2) is 10.1. The van der Waals surface area contributed by atoms with Gasteiger partial charge in [-0.15, -0.1) is 0 Å². The Morgan fingerprint density at radius 2 is 0.870 bits per heavy atom. The van der Waals surface area contributed by atoms with E-state index in [1.807, 2.05) is 0 Å². The molecule has 0 saturated carbocycles. The number of hydrogen-bond donors (Lipinski definition) is 2. The Bertz CT molecular complexity index is 558. The third kappa shape index (κ3) is 17.6. The Hall–Kier alpha value is 2.45. The smallest absolute Gasteiger partial charge is 0.790 e. The largest absolute Gasteiger partial charge is 3.00 e. The van der Waals surface area contributed by atoms with Crippen molar-refractivity contribution in [2.45, 2.75) is 0 Å². The van der Waals surface area contributed by atoms with Crippen molar-refractivity contribution >= 4 is 90.8 Å². The molecular formula is H2O16P5PbSb. The maximum Gasteiger partial charge on any atom is 3.00 e. The molecule has 0 saturated heterocycles. The summed E-state index contributed by atoms with van der Waals surface area (Å²) in [4.78, 5) is 68.0. The normalized spacial score (nSPS) is 20.1. The van der Waals surface area contributed by atoms with Crippen LogP contribution in [0.1, 0.15) is 0 Å². The minimum absolute atomic E-state index is 0. The van der Waals surface area contributed by atoms with Crippen LogP contribution >= 0.6 is 39.1 Å². The molecule has 0 amide bonds. The van der Waals surface area contributed by atoms with Crippen molar-refractivity contribution < 1.29 is 74.3 Å². The fourth-order valence-electron chi connectivity index (χ4n) is 0.542. The summed E-state index contributed by atoms with van der Waals surface area (Å²) in [5.41, 5.74) is 0. The third-order valence-electron chi connectivity index (χ3n) is 0.806. The van der Waals surface area contributed by atoms with Crippen LogP contribution in [0.3, 0.4) is 0 Å². The minimum Gasteiger partial charge on any atom is -0.790 e. The molecule has 132 valence electrons. The van der Waals surface area contributed by atoms with Gasteiger partial charge in [0.15, 0.2) is 0 Å². The Balaban J connectivity index is -0.00000200. The van der Waals surface area contributed by atoms with Gasteiger partial charge in [-0.25, -0.2) is 17.5 Å². The topological polar surface area (TPSA) is 278 Å². The van der Waals surface area contributed by atoms with E-state index in [0.29, 0.717) is 0 Å². The van der Waals surface area contributed by atoms with Crippen LogP contribution in [0, 0.1) is 0 Å². The van der Waals surface area contributed by atoms with Crippen molar-refractivity contribution in [1.82, 2.24) is 0 Å². The van der Waals surface area contributed by atoms with Crippen molar-refractivity contribution in [3.05, 3.63) is 0 Å². The molecule has 0 aliphatic rings. The molecule has 23 heavy (non-hydrogen) atoms. The van der Waals surface area contributed by atoms with Gasteiger partial charge in [0, 0.05) is 0 Å². The average molecular weight is 742 g/mol. The summed E-state index contributed by atoms with van der Waals surface area (Å²) in [6.45, 7) is 0. The molecule has 2 N–H and O–H groups in total. The van der Waals surface area contributed by atoms with Crippen LogP contribution in [-0.2, 0) is 40.1 Å². The van der Waals surface area contributed by atoms with E-state index in [1.54, 1.807) is 0 Å². The van der Waals surface area contributed by atoms with Crippen molar-refractivity contribution in [2.24, 2.45) is 0 Å². The maximum atomic E-state index is 10.8. The molecule has 0 aliphatic heterocycles. The number of phosphoric acid groups is 5. The first-order valence-electron chi connectivity index (χ1n) is 3.69. The molecule has 23 heteroatoms. The van der Waals surface area contributed by atoms with Gasteiger partial charge in [0.2, 0.25) is 0 Å². The molecule has 0 heterocycles. The van der Waals surface area contributed by atoms with Gasteiger partial charge in [0.1, 0.15) is 0 Å². The van der Waals surface area contributed by atoms with E-state index >= 15 is 0 Å². The average Bonchev–Trinajstić information content (AvgIpc) is 1.83.